The van der Waals surface area contributed by atoms with Crippen molar-refractivity contribution in [1.82, 2.24) is 9.88 Å². The lowest BCUT2D eigenvalue weighted by Gasteiger charge is -2.34. The van der Waals surface area contributed by atoms with Gasteiger partial charge in [0.2, 0.25) is 5.91 Å². The predicted molar refractivity (Wildman–Crippen MR) is 106 cm³/mol. The van der Waals surface area contributed by atoms with Gasteiger partial charge in [0.05, 0.1) is 25.0 Å². The number of nitrogens with one attached hydrogen (secondary N) is 1. The average molecular weight is 365 g/mol. The Balaban J connectivity index is 1.40. The smallest absolute Gasteiger partial charge is 0.241 e. The van der Waals surface area contributed by atoms with Crippen molar-refractivity contribution in [2.75, 3.05) is 19.0 Å². The summed E-state index contributed by atoms with van der Waals surface area (Å²) >= 11 is 0. The lowest BCUT2D eigenvalue weighted by Crippen LogP contribution is -2.46. The molecule has 1 saturated heterocycles. The van der Waals surface area contributed by atoms with E-state index in [9.17, 15) is 4.79 Å². The molecule has 1 N–H and O–H groups in total. The largest absolute Gasteiger partial charge is 0.495 e. The van der Waals surface area contributed by atoms with E-state index >= 15 is 0 Å². The van der Waals surface area contributed by atoms with Gasteiger partial charge in [0.1, 0.15) is 5.75 Å². The summed E-state index contributed by atoms with van der Waals surface area (Å²) in [6.07, 6.45) is 7.42. The number of methoxy groups -OCH3 is 1. The Labute approximate surface area is 160 Å². The van der Waals surface area contributed by atoms with Crippen molar-refractivity contribution >= 4 is 11.6 Å². The van der Waals surface area contributed by atoms with E-state index in [1.165, 1.54) is 18.4 Å². The highest BCUT2D eigenvalue weighted by Crippen LogP contribution is 2.40. The maximum Gasteiger partial charge on any atom is 0.241 e. The van der Waals surface area contributed by atoms with Gasteiger partial charge in [-0.25, -0.2) is 0 Å². The Kier molecular flexibility index (Phi) is 5.39. The van der Waals surface area contributed by atoms with Crippen molar-refractivity contribution < 1.29 is 9.53 Å². The molecule has 4 rings (SSSR count). The van der Waals surface area contributed by atoms with Gasteiger partial charge in [-0.15, -0.1) is 0 Å². The fourth-order valence-electron chi connectivity index (χ4n) is 3.79. The second-order valence-corrected chi connectivity index (χ2v) is 7.56. The van der Waals surface area contributed by atoms with Crippen LogP contribution in [0.1, 0.15) is 49.3 Å². The topological polar surface area (TPSA) is 54.5 Å². The molecule has 5 nitrogen and oxygen atoms in total. The minimum atomic E-state index is -0.106. The summed E-state index contributed by atoms with van der Waals surface area (Å²) in [6.45, 7) is 1.61. The molecule has 142 valence electrons. The number of aromatic nitrogens is 1. The van der Waals surface area contributed by atoms with Crippen molar-refractivity contribution in [3.8, 4) is 5.75 Å². The minimum absolute atomic E-state index is 0.0855. The van der Waals surface area contributed by atoms with Crippen LogP contribution in [0, 0.1) is 0 Å². The molecule has 5 heteroatoms. The Morgan fingerprint density at radius 2 is 1.96 bits per heavy atom. The summed E-state index contributed by atoms with van der Waals surface area (Å²) < 4.78 is 5.17. The molecule has 2 aromatic rings. The van der Waals surface area contributed by atoms with Crippen LogP contribution in [-0.2, 0) is 11.3 Å². The number of nitrogens with zero attached hydrogens (tertiary/aromatic N) is 2. The van der Waals surface area contributed by atoms with Crippen LogP contribution in [0.15, 0.2) is 42.6 Å². The molecule has 1 aliphatic carbocycles. The third-order valence-corrected chi connectivity index (χ3v) is 5.54. The second-order valence-electron chi connectivity index (χ2n) is 7.56. The molecule has 27 heavy (non-hydrogen) atoms. The number of carbonyl (C=O) groups excluding carboxylic acids is 1. The predicted octanol–water partition coefficient (Wildman–Crippen LogP) is 3.96. The van der Waals surface area contributed by atoms with Crippen molar-refractivity contribution in [3.05, 3.63) is 53.9 Å². The molecular weight excluding hydrogens is 338 g/mol. The van der Waals surface area contributed by atoms with Gasteiger partial charge in [-0.3, -0.25) is 14.7 Å². The zero-order valence-electron chi connectivity index (χ0n) is 15.9. The molecule has 2 fully saturated rings. The first kappa shape index (κ1) is 18.0. The molecule has 1 saturated carbocycles. The Morgan fingerprint density at radius 1 is 1.15 bits per heavy atom. The van der Waals surface area contributed by atoms with Gasteiger partial charge in [0.15, 0.2) is 0 Å². The van der Waals surface area contributed by atoms with E-state index in [1.54, 1.807) is 13.3 Å². The molecule has 0 radical (unpaired) electrons. The standard InChI is InChI=1S/C22H27N3O2/c1-27-20-12-11-19(23-14-20)15-25-13-3-2-4-21(25)22(26)24-18-9-7-17(8-10-18)16-5-6-16/h7-12,14,16,21H,2-6,13,15H2,1H3,(H,24,26)/t21-/m1/s1. The quantitative estimate of drug-likeness (QED) is 0.842. The zero-order valence-corrected chi connectivity index (χ0v) is 15.9. The normalized spacial score (nSPS) is 20.3. The summed E-state index contributed by atoms with van der Waals surface area (Å²) in [5.41, 5.74) is 3.24. The maximum absolute atomic E-state index is 12.9. The lowest BCUT2D eigenvalue weighted by molar-refractivity contribution is -0.122. The first-order chi connectivity index (χ1) is 13.2. The van der Waals surface area contributed by atoms with Gasteiger partial charge in [0, 0.05) is 12.2 Å². The molecule has 1 aliphatic heterocycles. The van der Waals surface area contributed by atoms with Crippen LogP contribution < -0.4 is 10.1 Å². The number of pyridine rings is 1. The molecular formula is C22H27N3O2. The van der Waals surface area contributed by atoms with E-state index in [0.29, 0.717) is 6.54 Å². The number of ether oxygens (including phenoxy) is 1. The van der Waals surface area contributed by atoms with Crippen LogP contribution in [0.3, 0.4) is 0 Å². The summed E-state index contributed by atoms with van der Waals surface area (Å²) in [5.74, 6) is 1.57. The number of benzene rings is 1. The van der Waals surface area contributed by atoms with E-state index < -0.39 is 0 Å². The first-order valence-electron chi connectivity index (χ1n) is 9.87. The highest BCUT2D eigenvalue weighted by atomic mass is 16.5. The number of anilines is 1. The van der Waals surface area contributed by atoms with Gasteiger partial charge >= 0.3 is 0 Å². The first-order valence-corrected chi connectivity index (χ1v) is 9.87. The number of amides is 1. The number of carbonyl (C=O) groups is 1. The highest BCUT2D eigenvalue weighted by molar-refractivity contribution is 5.94. The van der Waals surface area contributed by atoms with Gasteiger partial charge < -0.3 is 10.1 Å². The molecule has 1 aromatic carbocycles. The van der Waals surface area contributed by atoms with E-state index in [1.807, 2.05) is 24.3 Å². The van der Waals surface area contributed by atoms with Crippen LogP contribution in [-0.4, -0.2) is 35.5 Å². The van der Waals surface area contributed by atoms with Gasteiger partial charge in [-0.05, 0) is 68.0 Å². The number of piperidine rings is 1. The summed E-state index contributed by atoms with van der Waals surface area (Å²) in [6, 6.07) is 12.1. The molecule has 1 amide bonds. The Hall–Kier alpha value is -2.40. The van der Waals surface area contributed by atoms with Crippen LogP contribution in [0.2, 0.25) is 0 Å². The van der Waals surface area contributed by atoms with Crippen LogP contribution in [0.4, 0.5) is 5.69 Å². The van der Waals surface area contributed by atoms with Crippen LogP contribution >= 0.6 is 0 Å². The fraction of sp³-hybridized carbons (Fsp3) is 0.455. The lowest BCUT2D eigenvalue weighted by atomic mass is 10.0. The van der Waals surface area contributed by atoms with Crippen molar-refractivity contribution in [2.24, 2.45) is 0 Å². The van der Waals surface area contributed by atoms with E-state index in [4.69, 9.17) is 4.74 Å². The summed E-state index contributed by atoms with van der Waals surface area (Å²) in [5, 5.41) is 3.11. The maximum atomic E-state index is 12.9. The van der Waals surface area contributed by atoms with Crippen molar-refractivity contribution in [3.63, 3.8) is 0 Å². The molecule has 2 heterocycles. The van der Waals surface area contributed by atoms with E-state index in [2.05, 4.69) is 27.3 Å². The van der Waals surface area contributed by atoms with Gasteiger partial charge in [0.25, 0.3) is 0 Å². The number of hydrogen-bond donors (Lipinski definition) is 1. The molecule has 1 aromatic heterocycles. The third kappa shape index (κ3) is 4.48. The average Bonchev–Trinajstić information content (AvgIpc) is 3.55. The number of rotatable bonds is 6. The third-order valence-electron chi connectivity index (χ3n) is 5.54. The van der Waals surface area contributed by atoms with Gasteiger partial charge in [-0.1, -0.05) is 18.6 Å². The second kappa shape index (κ2) is 8.09. The molecule has 0 bridgehead atoms. The number of hydrogen-bond acceptors (Lipinski definition) is 4. The molecule has 1 atom stereocenters. The summed E-state index contributed by atoms with van der Waals surface area (Å²) in [4.78, 5) is 19.6. The van der Waals surface area contributed by atoms with Crippen LogP contribution in [0.25, 0.3) is 0 Å². The Bertz CT molecular complexity index is 769. The Morgan fingerprint density at radius 3 is 2.63 bits per heavy atom. The summed E-state index contributed by atoms with van der Waals surface area (Å²) in [7, 11) is 1.64. The molecule has 2 aliphatic rings. The number of likely N-dealkylation sites (tertiary alicyclic amines) is 1. The van der Waals surface area contributed by atoms with E-state index in [-0.39, 0.29) is 11.9 Å². The SMILES string of the molecule is COc1ccc(CN2CCCC[C@@H]2C(=O)Nc2ccc(C3CC3)cc2)nc1. The highest BCUT2D eigenvalue weighted by Gasteiger charge is 2.29. The minimum Gasteiger partial charge on any atom is -0.495 e. The van der Waals surface area contributed by atoms with Crippen molar-refractivity contribution in [1.29, 1.82) is 0 Å². The monoisotopic (exact) mass is 365 g/mol. The van der Waals surface area contributed by atoms with Crippen molar-refractivity contribution in [2.45, 2.75) is 50.6 Å². The van der Waals surface area contributed by atoms with Crippen LogP contribution in [0.5, 0.6) is 5.75 Å². The molecule has 0 unspecified atom stereocenters. The molecule has 0 spiro atoms. The fourth-order valence-corrected chi connectivity index (χ4v) is 3.79. The zero-order chi connectivity index (χ0) is 18.6. The van der Waals surface area contributed by atoms with E-state index in [0.717, 1.165) is 48.9 Å². The van der Waals surface area contributed by atoms with Gasteiger partial charge in [-0.2, -0.15) is 0 Å².